The predicted octanol–water partition coefficient (Wildman–Crippen LogP) is 0.902. The third-order valence-corrected chi connectivity index (χ3v) is 7.40. The van der Waals surface area contributed by atoms with E-state index in [1.54, 1.807) is 18.1 Å². The molecule has 0 aliphatic carbocycles. The maximum atomic E-state index is 13.0. The van der Waals surface area contributed by atoms with Crippen LogP contribution in [0.15, 0.2) is 18.2 Å². The molecule has 0 spiro atoms. The van der Waals surface area contributed by atoms with Gasteiger partial charge in [0.2, 0.25) is 0 Å². The number of nitrogens with zero attached hydrogens (tertiary/aromatic N) is 3. The summed E-state index contributed by atoms with van der Waals surface area (Å²) in [5.41, 5.74) is 0.926. The third kappa shape index (κ3) is 5.45. The highest BCUT2D eigenvalue weighted by Crippen LogP contribution is 2.27. The molecule has 2 aliphatic heterocycles. The van der Waals surface area contributed by atoms with E-state index in [9.17, 15) is 22.8 Å². The topological polar surface area (TPSA) is 116 Å². The third-order valence-electron chi connectivity index (χ3n) is 5.65. The molecular weight excluding hydrogens is 436 g/mol. The fourth-order valence-corrected chi connectivity index (χ4v) is 5.64. The number of benzene rings is 1. The summed E-state index contributed by atoms with van der Waals surface area (Å²) >= 11 is 0. The van der Waals surface area contributed by atoms with Gasteiger partial charge in [-0.1, -0.05) is 0 Å². The van der Waals surface area contributed by atoms with Gasteiger partial charge in [-0.2, -0.15) is 0 Å². The van der Waals surface area contributed by atoms with E-state index in [4.69, 9.17) is 4.74 Å². The van der Waals surface area contributed by atoms with Gasteiger partial charge in [0, 0.05) is 45.1 Å². The maximum Gasteiger partial charge on any atom is 0.322 e. The van der Waals surface area contributed by atoms with Gasteiger partial charge in [0.1, 0.15) is 0 Å². The number of hydrogen-bond donors (Lipinski definition) is 1. The average molecular weight is 467 g/mol. The molecule has 2 heterocycles. The first-order valence-electron chi connectivity index (χ1n) is 10.5. The number of fused-ring (bicyclic) bond motifs is 1. The average Bonchev–Trinajstić information content (AvgIpc) is 3.19. The van der Waals surface area contributed by atoms with E-state index in [1.807, 2.05) is 19.0 Å². The van der Waals surface area contributed by atoms with Crippen LogP contribution in [-0.2, 0) is 14.6 Å². The van der Waals surface area contributed by atoms with Crippen molar-refractivity contribution < 1.29 is 27.5 Å². The van der Waals surface area contributed by atoms with Crippen molar-refractivity contribution in [1.29, 1.82) is 0 Å². The number of rotatable bonds is 9. The largest absolute Gasteiger partial charge is 0.385 e. The molecule has 3 rings (SSSR count). The van der Waals surface area contributed by atoms with Crippen molar-refractivity contribution in [3.63, 3.8) is 0 Å². The zero-order chi connectivity index (χ0) is 23.5. The van der Waals surface area contributed by atoms with Crippen LogP contribution < -0.4 is 5.32 Å². The molecule has 0 aromatic heterocycles. The SMILES string of the molecule is COCCCN1C(=O)c2ccc(NC(=O)N(CCN(C)C)C3CCS(=O)(=O)C3)cc2C1=O. The molecule has 11 heteroatoms. The van der Waals surface area contributed by atoms with E-state index in [2.05, 4.69) is 5.32 Å². The molecule has 1 aromatic rings. The van der Waals surface area contributed by atoms with Crippen molar-refractivity contribution in [2.75, 3.05) is 64.3 Å². The molecule has 10 nitrogen and oxygen atoms in total. The predicted molar refractivity (Wildman–Crippen MR) is 120 cm³/mol. The van der Waals surface area contributed by atoms with Gasteiger partial charge in [-0.25, -0.2) is 13.2 Å². The lowest BCUT2D eigenvalue weighted by atomic mass is 10.1. The standard InChI is InChI=1S/C21H30N4O6S/c1-23(2)9-10-24(16-7-12-32(29,30)14-16)21(28)22-15-5-6-17-18(13-15)20(27)25(19(17)26)8-4-11-31-3/h5-6,13,16H,4,7-12,14H2,1-3H3,(H,22,28). The molecule has 1 unspecified atom stereocenters. The summed E-state index contributed by atoms with van der Waals surface area (Å²) in [6.45, 7) is 1.65. The first-order valence-corrected chi connectivity index (χ1v) is 12.4. The number of imide groups is 1. The number of likely N-dealkylation sites (N-methyl/N-ethyl adjacent to an activating group) is 1. The minimum atomic E-state index is -3.15. The molecule has 0 bridgehead atoms. The van der Waals surface area contributed by atoms with Crippen LogP contribution in [-0.4, -0.2) is 106 Å². The van der Waals surface area contributed by atoms with Crippen LogP contribution in [0.4, 0.5) is 10.5 Å². The Morgan fingerprint density at radius 1 is 1.19 bits per heavy atom. The fraction of sp³-hybridized carbons (Fsp3) is 0.571. The van der Waals surface area contributed by atoms with Gasteiger partial charge >= 0.3 is 6.03 Å². The van der Waals surface area contributed by atoms with E-state index in [-0.39, 0.29) is 29.5 Å². The molecule has 32 heavy (non-hydrogen) atoms. The normalized spacial score (nSPS) is 19.5. The number of hydrogen-bond acceptors (Lipinski definition) is 7. The Bertz CT molecular complexity index is 994. The number of sulfone groups is 1. The molecule has 1 fully saturated rings. The molecule has 1 atom stereocenters. The van der Waals surface area contributed by atoms with Crippen molar-refractivity contribution in [1.82, 2.24) is 14.7 Å². The van der Waals surface area contributed by atoms with Gasteiger partial charge in [0.15, 0.2) is 9.84 Å². The van der Waals surface area contributed by atoms with Crippen molar-refractivity contribution in [3.05, 3.63) is 29.3 Å². The highest BCUT2D eigenvalue weighted by Gasteiger charge is 2.37. The zero-order valence-electron chi connectivity index (χ0n) is 18.7. The molecule has 1 N–H and O–H groups in total. The molecule has 0 radical (unpaired) electrons. The smallest absolute Gasteiger partial charge is 0.322 e. The van der Waals surface area contributed by atoms with Crippen LogP contribution >= 0.6 is 0 Å². The Morgan fingerprint density at radius 2 is 1.91 bits per heavy atom. The zero-order valence-corrected chi connectivity index (χ0v) is 19.5. The Labute approximate surface area is 188 Å². The van der Waals surface area contributed by atoms with E-state index >= 15 is 0 Å². The summed E-state index contributed by atoms with van der Waals surface area (Å²) < 4.78 is 28.8. The number of anilines is 1. The summed E-state index contributed by atoms with van der Waals surface area (Å²) in [5.74, 6) is -0.745. The number of nitrogens with one attached hydrogen (secondary N) is 1. The number of amides is 4. The minimum Gasteiger partial charge on any atom is -0.385 e. The lowest BCUT2D eigenvalue weighted by molar-refractivity contribution is 0.0638. The van der Waals surface area contributed by atoms with Gasteiger partial charge in [-0.05, 0) is 45.1 Å². The van der Waals surface area contributed by atoms with Crippen molar-refractivity contribution >= 4 is 33.4 Å². The van der Waals surface area contributed by atoms with E-state index in [1.165, 1.54) is 17.0 Å². The van der Waals surface area contributed by atoms with Crippen molar-refractivity contribution in [2.24, 2.45) is 0 Å². The van der Waals surface area contributed by atoms with Crippen LogP contribution in [0, 0.1) is 0 Å². The molecule has 1 saturated heterocycles. The quantitative estimate of drug-likeness (QED) is 0.425. The monoisotopic (exact) mass is 466 g/mol. The number of methoxy groups -OCH3 is 1. The molecule has 1 aromatic carbocycles. The minimum absolute atomic E-state index is 0.0541. The Morgan fingerprint density at radius 3 is 2.53 bits per heavy atom. The second-order valence-electron chi connectivity index (χ2n) is 8.35. The van der Waals surface area contributed by atoms with Crippen LogP contribution in [0.1, 0.15) is 33.6 Å². The van der Waals surface area contributed by atoms with Gasteiger partial charge < -0.3 is 19.9 Å². The second-order valence-corrected chi connectivity index (χ2v) is 10.6. The molecular formula is C21H30N4O6S. The maximum absolute atomic E-state index is 13.0. The van der Waals surface area contributed by atoms with Crippen molar-refractivity contribution in [2.45, 2.75) is 18.9 Å². The first-order chi connectivity index (χ1) is 15.1. The Kier molecular flexibility index (Phi) is 7.52. The van der Waals surface area contributed by atoms with Gasteiger partial charge in [0.05, 0.1) is 22.6 Å². The molecule has 176 valence electrons. The number of ether oxygens (including phenoxy) is 1. The van der Waals surface area contributed by atoms with E-state index in [0.717, 1.165) is 0 Å². The summed E-state index contributed by atoms with van der Waals surface area (Å²) in [7, 11) is 2.16. The van der Waals surface area contributed by atoms with Crippen LogP contribution in [0.25, 0.3) is 0 Å². The van der Waals surface area contributed by atoms with E-state index < -0.39 is 27.8 Å². The summed E-state index contributed by atoms with van der Waals surface area (Å²) in [6, 6.07) is 3.79. The van der Waals surface area contributed by atoms with Crippen LogP contribution in [0.2, 0.25) is 0 Å². The first kappa shape index (κ1) is 24.1. The lowest BCUT2D eigenvalue weighted by Gasteiger charge is -2.29. The summed E-state index contributed by atoms with van der Waals surface area (Å²) in [6.07, 6.45) is 0.938. The lowest BCUT2D eigenvalue weighted by Crippen LogP contribution is -2.46. The summed E-state index contributed by atoms with van der Waals surface area (Å²) in [5, 5.41) is 2.77. The highest BCUT2D eigenvalue weighted by atomic mass is 32.2. The molecule has 0 saturated carbocycles. The Hall–Kier alpha value is -2.50. The number of carbonyl (C=O) groups is 3. The highest BCUT2D eigenvalue weighted by molar-refractivity contribution is 7.91. The fourth-order valence-electron chi connectivity index (χ4n) is 3.91. The summed E-state index contributed by atoms with van der Waals surface area (Å²) in [4.78, 5) is 42.9. The van der Waals surface area contributed by atoms with Crippen LogP contribution in [0.5, 0.6) is 0 Å². The van der Waals surface area contributed by atoms with Gasteiger partial charge in [0.25, 0.3) is 11.8 Å². The second kappa shape index (κ2) is 9.97. The molecule has 2 aliphatic rings. The van der Waals surface area contributed by atoms with Gasteiger partial charge in [-0.15, -0.1) is 0 Å². The molecule has 4 amide bonds. The van der Waals surface area contributed by atoms with E-state index in [0.29, 0.717) is 43.8 Å². The van der Waals surface area contributed by atoms with Crippen molar-refractivity contribution in [3.8, 4) is 0 Å². The van der Waals surface area contributed by atoms with Crippen LogP contribution in [0.3, 0.4) is 0 Å². The van der Waals surface area contributed by atoms with Gasteiger partial charge in [-0.3, -0.25) is 14.5 Å². The Balaban J connectivity index is 1.74. The number of urea groups is 1. The number of carbonyl (C=O) groups excluding carboxylic acids is 3.